The molecule has 1 fully saturated rings. The smallest absolute Gasteiger partial charge is 0.407 e. The van der Waals surface area contributed by atoms with Crippen LogP contribution in [0.2, 0.25) is 0 Å². The van der Waals surface area contributed by atoms with Crippen molar-refractivity contribution in [2.24, 2.45) is 11.3 Å². The van der Waals surface area contributed by atoms with Crippen molar-refractivity contribution in [2.75, 3.05) is 0 Å². The minimum absolute atomic E-state index is 0.0683. The first kappa shape index (κ1) is 16.3. The van der Waals surface area contributed by atoms with E-state index in [4.69, 9.17) is 9.84 Å². The summed E-state index contributed by atoms with van der Waals surface area (Å²) in [5.74, 6) is -0.701. The largest absolute Gasteiger partial charge is 0.481 e. The average molecular weight is 305 g/mol. The highest BCUT2D eigenvalue weighted by Gasteiger charge is 2.41. The third-order valence-corrected chi connectivity index (χ3v) is 4.11. The van der Waals surface area contributed by atoms with E-state index in [1.165, 1.54) is 0 Å². The number of carboxylic acid groups (broad SMARTS) is 1. The summed E-state index contributed by atoms with van der Waals surface area (Å²) in [5.41, 5.74) is 1.13. The molecule has 0 aromatic heterocycles. The number of carbonyl (C=O) groups is 2. The van der Waals surface area contributed by atoms with Gasteiger partial charge in [-0.2, -0.15) is 0 Å². The maximum absolute atomic E-state index is 11.9. The van der Waals surface area contributed by atoms with E-state index >= 15 is 0 Å². The minimum atomic E-state index is -0.905. The van der Waals surface area contributed by atoms with Gasteiger partial charge in [-0.15, -0.1) is 0 Å². The van der Waals surface area contributed by atoms with Gasteiger partial charge in [-0.3, -0.25) is 4.79 Å². The SMILES string of the molecule is CC1(C)CC([C@H](CC(=O)O)NC(=O)OCc2ccccc2)C1. The maximum Gasteiger partial charge on any atom is 0.407 e. The van der Waals surface area contributed by atoms with E-state index in [1.54, 1.807) is 0 Å². The number of carbonyl (C=O) groups excluding carboxylic acids is 1. The topological polar surface area (TPSA) is 75.6 Å². The zero-order valence-electron chi connectivity index (χ0n) is 13.0. The van der Waals surface area contributed by atoms with E-state index in [0.717, 1.165) is 18.4 Å². The molecule has 2 rings (SSSR count). The molecule has 1 aromatic rings. The Morgan fingerprint density at radius 3 is 2.50 bits per heavy atom. The van der Waals surface area contributed by atoms with Gasteiger partial charge in [0.15, 0.2) is 0 Å². The summed E-state index contributed by atoms with van der Waals surface area (Å²) in [6.07, 6.45) is 1.22. The number of rotatable bonds is 6. The first-order valence-corrected chi connectivity index (χ1v) is 7.55. The number of hydrogen-bond acceptors (Lipinski definition) is 3. The van der Waals surface area contributed by atoms with Gasteiger partial charge in [-0.25, -0.2) is 4.79 Å². The van der Waals surface area contributed by atoms with Crippen LogP contribution in [0.5, 0.6) is 0 Å². The third kappa shape index (κ3) is 4.76. The number of ether oxygens (including phenoxy) is 1. The molecule has 0 heterocycles. The summed E-state index contributed by atoms with van der Waals surface area (Å²) in [7, 11) is 0. The Labute approximate surface area is 130 Å². The van der Waals surface area contributed by atoms with Crippen LogP contribution < -0.4 is 5.32 Å². The van der Waals surface area contributed by atoms with E-state index in [-0.39, 0.29) is 30.4 Å². The predicted molar refractivity (Wildman–Crippen MR) is 82.3 cm³/mol. The Morgan fingerprint density at radius 2 is 1.95 bits per heavy atom. The van der Waals surface area contributed by atoms with Crippen LogP contribution in [0.4, 0.5) is 4.79 Å². The molecule has 5 heteroatoms. The average Bonchev–Trinajstić information content (AvgIpc) is 2.42. The van der Waals surface area contributed by atoms with Crippen molar-refractivity contribution in [3.63, 3.8) is 0 Å². The summed E-state index contributed by atoms with van der Waals surface area (Å²) in [5, 5.41) is 11.7. The molecule has 1 aliphatic rings. The molecule has 2 N–H and O–H groups in total. The van der Waals surface area contributed by atoms with Crippen LogP contribution in [-0.2, 0) is 16.1 Å². The number of aliphatic carboxylic acids is 1. The first-order chi connectivity index (χ1) is 10.4. The number of benzene rings is 1. The van der Waals surface area contributed by atoms with E-state index in [0.29, 0.717) is 0 Å². The Morgan fingerprint density at radius 1 is 1.32 bits per heavy atom. The highest BCUT2D eigenvalue weighted by molar-refractivity contribution is 5.71. The van der Waals surface area contributed by atoms with Crippen molar-refractivity contribution in [1.29, 1.82) is 0 Å². The molecule has 0 saturated heterocycles. The van der Waals surface area contributed by atoms with Crippen molar-refractivity contribution < 1.29 is 19.4 Å². The lowest BCUT2D eigenvalue weighted by Crippen LogP contribution is -2.49. The lowest BCUT2D eigenvalue weighted by Gasteiger charge is -2.46. The Kier molecular flexibility index (Phi) is 5.06. The van der Waals surface area contributed by atoms with Gasteiger partial charge in [-0.05, 0) is 29.7 Å². The normalized spacial score (nSPS) is 18.1. The molecule has 5 nitrogen and oxygen atoms in total. The number of hydrogen-bond donors (Lipinski definition) is 2. The van der Waals surface area contributed by atoms with Crippen molar-refractivity contribution in [3.05, 3.63) is 35.9 Å². The molecule has 1 aromatic carbocycles. The van der Waals surface area contributed by atoms with Crippen LogP contribution in [0.3, 0.4) is 0 Å². The van der Waals surface area contributed by atoms with Crippen LogP contribution in [0.15, 0.2) is 30.3 Å². The van der Waals surface area contributed by atoms with Crippen molar-refractivity contribution in [3.8, 4) is 0 Å². The van der Waals surface area contributed by atoms with E-state index in [1.807, 2.05) is 30.3 Å². The molecule has 1 aliphatic carbocycles. The van der Waals surface area contributed by atoms with Gasteiger partial charge >= 0.3 is 12.1 Å². The monoisotopic (exact) mass is 305 g/mol. The molecular formula is C17H23NO4. The molecule has 1 amide bonds. The number of alkyl carbamates (subject to hydrolysis) is 1. The molecule has 0 bridgehead atoms. The molecule has 0 radical (unpaired) electrons. The Bertz CT molecular complexity index is 519. The summed E-state index contributed by atoms with van der Waals surface area (Å²) >= 11 is 0. The van der Waals surface area contributed by atoms with Gasteiger partial charge in [0.25, 0.3) is 0 Å². The molecule has 0 spiro atoms. The standard InChI is InChI=1S/C17H23NO4/c1-17(2)9-13(10-17)14(8-15(19)20)18-16(21)22-11-12-6-4-3-5-7-12/h3-7,13-14H,8-11H2,1-2H3,(H,18,21)(H,19,20)/t14-/m0/s1. The highest BCUT2D eigenvalue weighted by Crippen LogP contribution is 2.46. The number of carboxylic acids is 1. The molecule has 0 unspecified atom stereocenters. The van der Waals surface area contributed by atoms with E-state index in [2.05, 4.69) is 19.2 Å². The van der Waals surface area contributed by atoms with Crippen LogP contribution in [0.1, 0.15) is 38.7 Å². The minimum Gasteiger partial charge on any atom is -0.481 e. The number of amides is 1. The van der Waals surface area contributed by atoms with Gasteiger partial charge in [-0.1, -0.05) is 44.2 Å². The van der Waals surface area contributed by atoms with E-state index in [9.17, 15) is 9.59 Å². The van der Waals surface area contributed by atoms with Crippen molar-refractivity contribution in [1.82, 2.24) is 5.32 Å². The fourth-order valence-corrected chi connectivity index (χ4v) is 3.08. The highest BCUT2D eigenvalue weighted by atomic mass is 16.5. The lowest BCUT2D eigenvalue weighted by atomic mass is 9.61. The van der Waals surface area contributed by atoms with Crippen LogP contribution in [0.25, 0.3) is 0 Å². The molecular weight excluding hydrogens is 282 g/mol. The van der Waals surface area contributed by atoms with Crippen molar-refractivity contribution in [2.45, 2.75) is 45.8 Å². The quantitative estimate of drug-likeness (QED) is 0.846. The third-order valence-electron chi connectivity index (χ3n) is 4.11. The Balaban J connectivity index is 1.84. The summed E-state index contributed by atoms with van der Waals surface area (Å²) in [4.78, 5) is 22.9. The summed E-state index contributed by atoms with van der Waals surface area (Å²) < 4.78 is 5.17. The van der Waals surface area contributed by atoms with Gasteiger partial charge in [0.2, 0.25) is 0 Å². The number of nitrogens with one attached hydrogen (secondary N) is 1. The molecule has 22 heavy (non-hydrogen) atoms. The Hall–Kier alpha value is -2.04. The molecule has 120 valence electrons. The van der Waals surface area contributed by atoms with Gasteiger partial charge < -0.3 is 15.2 Å². The zero-order chi connectivity index (χ0) is 16.2. The maximum atomic E-state index is 11.9. The zero-order valence-corrected chi connectivity index (χ0v) is 13.0. The lowest BCUT2D eigenvalue weighted by molar-refractivity contribution is -0.138. The fraction of sp³-hybridized carbons (Fsp3) is 0.529. The van der Waals surface area contributed by atoms with Crippen LogP contribution in [-0.4, -0.2) is 23.2 Å². The molecule has 1 saturated carbocycles. The van der Waals surface area contributed by atoms with Crippen LogP contribution >= 0.6 is 0 Å². The van der Waals surface area contributed by atoms with Crippen LogP contribution in [0, 0.1) is 11.3 Å². The second-order valence-electron chi connectivity index (χ2n) is 6.74. The first-order valence-electron chi connectivity index (χ1n) is 7.55. The molecule has 1 atom stereocenters. The van der Waals surface area contributed by atoms with E-state index < -0.39 is 12.1 Å². The summed E-state index contributed by atoms with van der Waals surface area (Å²) in [6.45, 7) is 4.48. The second-order valence-corrected chi connectivity index (χ2v) is 6.74. The van der Waals surface area contributed by atoms with Gasteiger partial charge in [0.1, 0.15) is 6.61 Å². The molecule has 0 aliphatic heterocycles. The second kappa shape index (κ2) is 6.81. The fourth-order valence-electron chi connectivity index (χ4n) is 3.08. The van der Waals surface area contributed by atoms with Gasteiger partial charge in [0, 0.05) is 6.04 Å². The van der Waals surface area contributed by atoms with Crippen molar-refractivity contribution >= 4 is 12.1 Å². The summed E-state index contributed by atoms with van der Waals surface area (Å²) in [6, 6.07) is 9.02. The predicted octanol–water partition coefficient (Wildman–Crippen LogP) is 3.19. The van der Waals surface area contributed by atoms with Gasteiger partial charge in [0.05, 0.1) is 6.42 Å².